The molecule has 0 spiro atoms. The molecule has 2 aliphatic rings. The Morgan fingerprint density at radius 3 is 2.72 bits per heavy atom. The van der Waals surface area contributed by atoms with Crippen molar-refractivity contribution in [1.82, 2.24) is 14.9 Å². The molecule has 1 saturated heterocycles. The number of piperidine rings is 1. The Kier molecular flexibility index (Phi) is 7.50. The summed E-state index contributed by atoms with van der Waals surface area (Å²) in [5.41, 5.74) is 3.51. The van der Waals surface area contributed by atoms with E-state index in [1.165, 1.54) is 5.57 Å². The number of carbonyl (C=O) groups excluding carboxylic acids is 1. The SMILES string of the molecule is COc1ccc(NC(=O)c2cnc(C)nc2CC2CCN(CC3=CCCOC3)CC2)cc1. The molecule has 2 aromatic rings. The summed E-state index contributed by atoms with van der Waals surface area (Å²) in [6.45, 7) is 6.64. The zero-order chi connectivity index (χ0) is 22.3. The zero-order valence-electron chi connectivity index (χ0n) is 19.0. The molecular weight excluding hydrogens is 404 g/mol. The van der Waals surface area contributed by atoms with Gasteiger partial charge in [0.15, 0.2) is 0 Å². The van der Waals surface area contributed by atoms with Crippen molar-refractivity contribution in [2.45, 2.75) is 32.6 Å². The van der Waals surface area contributed by atoms with Crippen molar-refractivity contribution in [3.05, 3.63) is 59.2 Å². The van der Waals surface area contributed by atoms with Crippen molar-refractivity contribution < 1.29 is 14.3 Å². The van der Waals surface area contributed by atoms with Crippen LogP contribution in [-0.4, -0.2) is 60.7 Å². The Balaban J connectivity index is 1.36. The standard InChI is InChI=1S/C25H32N4O3/c1-18-26-15-23(25(30)28-21-5-7-22(31-2)8-6-21)24(27-18)14-19-9-11-29(12-10-19)16-20-4-3-13-32-17-20/h4-8,15,19H,3,9-14,16-17H2,1-2H3,(H,28,30). The van der Waals surface area contributed by atoms with Crippen LogP contribution >= 0.6 is 0 Å². The van der Waals surface area contributed by atoms with Crippen molar-refractivity contribution in [1.29, 1.82) is 0 Å². The number of aryl methyl sites for hydroxylation is 1. The van der Waals surface area contributed by atoms with Gasteiger partial charge in [-0.15, -0.1) is 0 Å². The van der Waals surface area contributed by atoms with Crippen molar-refractivity contribution in [2.75, 3.05) is 45.3 Å². The number of methoxy groups -OCH3 is 1. The first kappa shape index (κ1) is 22.4. The maximum absolute atomic E-state index is 13.0. The predicted molar refractivity (Wildman–Crippen MR) is 124 cm³/mol. The lowest BCUT2D eigenvalue weighted by atomic mass is 9.90. The fourth-order valence-corrected chi connectivity index (χ4v) is 4.36. The average molecular weight is 437 g/mol. The van der Waals surface area contributed by atoms with E-state index in [-0.39, 0.29) is 5.91 Å². The van der Waals surface area contributed by atoms with E-state index in [0.717, 1.165) is 75.7 Å². The fourth-order valence-electron chi connectivity index (χ4n) is 4.36. The number of anilines is 1. The molecule has 32 heavy (non-hydrogen) atoms. The van der Waals surface area contributed by atoms with Crippen LogP contribution in [0, 0.1) is 12.8 Å². The van der Waals surface area contributed by atoms with Crippen molar-refractivity contribution in [2.24, 2.45) is 5.92 Å². The molecule has 0 saturated carbocycles. The van der Waals surface area contributed by atoms with Gasteiger partial charge in [-0.1, -0.05) is 6.08 Å². The molecule has 7 nitrogen and oxygen atoms in total. The molecule has 2 aliphatic heterocycles. The molecule has 0 aliphatic carbocycles. The molecule has 1 fully saturated rings. The molecule has 1 aromatic heterocycles. The van der Waals surface area contributed by atoms with Crippen molar-refractivity contribution in [3.8, 4) is 5.75 Å². The summed E-state index contributed by atoms with van der Waals surface area (Å²) in [5.74, 6) is 1.79. The summed E-state index contributed by atoms with van der Waals surface area (Å²) in [4.78, 5) is 24.4. The monoisotopic (exact) mass is 436 g/mol. The van der Waals surface area contributed by atoms with Crippen molar-refractivity contribution >= 4 is 11.6 Å². The van der Waals surface area contributed by atoms with E-state index in [9.17, 15) is 4.79 Å². The molecule has 7 heteroatoms. The maximum atomic E-state index is 13.0. The Hall–Kier alpha value is -2.77. The highest BCUT2D eigenvalue weighted by atomic mass is 16.5. The first-order valence-electron chi connectivity index (χ1n) is 11.4. The molecule has 0 unspecified atom stereocenters. The van der Waals surface area contributed by atoms with Gasteiger partial charge in [0, 0.05) is 18.4 Å². The molecule has 4 rings (SSSR count). The van der Waals surface area contributed by atoms with Crippen LogP contribution in [0.1, 0.15) is 41.1 Å². The molecule has 3 heterocycles. The normalized spacial score (nSPS) is 17.6. The summed E-state index contributed by atoms with van der Waals surface area (Å²) in [6, 6.07) is 7.30. The quantitative estimate of drug-likeness (QED) is 0.668. The average Bonchev–Trinajstić information content (AvgIpc) is 2.81. The van der Waals surface area contributed by atoms with Crippen LogP contribution in [0.25, 0.3) is 0 Å². The number of benzene rings is 1. The number of aromatic nitrogens is 2. The minimum Gasteiger partial charge on any atom is -0.497 e. The molecule has 0 bridgehead atoms. The second-order valence-electron chi connectivity index (χ2n) is 8.59. The van der Waals surface area contributed by atoms with Crippen LogP contribution in [0.4, 0.5) is 5.69 Å². The van der Waals surface area contributed by atoms with Gasteiger partial charge in [-0.2, -0.15) is 0 Å². The van der Waals surface area contributed by atoms with Gasteiger partial charge in [-0.25, -0.2) is 9.97 Å². The first-order chi connectivity index (χ1) is 15.6. The van der Waals surface area contributed by atoms with Crippen molar-refractivity contribution in [3.63, 3.8) is 0 Å². The van der Waals surface area contributed by atoms with Crippen LogP contribution < -0.4 is 10.1 Å². The summed E-state index contributed by atoms with van der Waals surface area (Å²) >= 11 is 0. The van der Waals surface area contributed by atoms with Crippen LogP contribution in [0.15, 0.2) is 42.1 Å². The number of ether oxygens (including phenoxy) is 2. The number of rotatable bonds is 7. The van der Waals surface area contributed by atoms with Crippen LogP contribution in [-0.2, 0) is 11.2 Å². The third kappa shape index (κ3) is 5.93. The molecule has 0 atom stereocenters. The number of hydrogen-bond acceptors (Lipinski definition) is 6. The molecule has 1 N–H and O–H groups in total. The summed E-state index contributed by atoms with van der Waals surface area (Å²) in [7, 11) is 1.62. The molecule has 1 aromatic carbocycles. The number of likely N-dealkylation sites (tertiary alicyclic amines) is 1. The Morgan fingerprint density at radius 2 is 2.03 bits per heavy atom. The van der Waals surface area contributed by atoms with Gasteiger partial charge in [0.2, 0.25) is 0 Å². The smallest absolute Gasteiger partial charge is 0.259 e. The molecule has 0 radical (unpaired) electrons. The first-order valence-corrected chi connectivity index (χ1v) is 11.4. The second kappa shape index (κ2) is 10.7. The highest BCUT2D eigenvalue weighted by molar-refractivity contribution is 6.04. The Morgan fingerprint density at radius 1 is 1.25 bits per heavy atom. The predicted octanol–water partition coefficient (Wildman–Crippen LogP) is 3.65. The van der Waals surface area contributed by atoms with Gasteiger partial charge < -0.3 is 14.8 Å². The number of nitrogens with zero attached hydrogens (tertiary/aromatic N) is 3. The van der Waals surface area contributed by atoms with E-state index in [1.807, 2.05) is 31.2 Å². The van der Waals surface area contributed by atoms with Gasteiger partial charge in [-0.3, -0.25) is 9.69 Å². The van der Waals surface area contributed by atoms with Gasteiger partial charge in [0.05, 0.1) is 31.6 Å². The zero-order valence-corrected chi connectivity index (χ0v) is 19.0. The largest absolute Gasteiger partial charge is 0.497 e. The summed E-state index contributed by atoms with van der Waals surface area (Å²) in [6.07, 6.45) is 8.02. The second-order valence-corrected chi connectivity index (χ2v) is 8.59. The lowest BCUT2D eigenvalue weighted by molar-refractivity contribution is 0.102. The highest BCUT2D eigenvalue weighted by Gasteiger charge is 2.23. The molecular formula is C25H32N4O3. The maximum Gasteiger partial charge on any atom is 0.259 e. The topological polar surface area (TPSA) is 76.6 Å². The van der Waals surface area contributed by atoms with E-state index < -0.39 is 0 Å². The molecule has 170 valence electrons. The lowest BCUT2D eigenvalue weighted by Gasteiger charge is -2.33. The Bertz CT molecular complexity index is 950. The number of nitrogens with one attached hydrogen (secondary N) is 1. The van der Waals surface area contributed by atoms with E-state index in [0.29, 0.717) is 17.3 Å². The lowest BCUT2D eigenvalue weighted by Crippen LogP contribution is -2.36. The van der Waals surface area contributed by atoms with Gasteiger partial charge in [0.25, 0.3) is 5.91 Å². The summed E-state index contributed by atoms with van der Waals surface area (Å²) in [5, 5.41) is 2.96. The third-order valence-corrected chi connectivity index (χ3v) is 6.18. The van der Waals surface area contributed by atoms with Gasteiger partial charge in [0.1, 0.15) is 11.6 Å². The molecule has 1 amide bonds. The van der Waals surface area contributed by atoms with Crippen LogP contribution in [0.5, 0.6) is 5.75 Å². The number of hydrogen-bond donors (Lipinski definition) is 1. The highest BCUT2D eigenvalue weighted by Crippen LogP contribution is 2.24. The fraction of sp³-hybridized carbons (Fsp3) is 0.480. The van der Waals surface area contributed by atoms with Crippen LogP contribution in [0.3, 0.4) is 0 Å². The van der Waals surface area contributed by atoms with Crippen LogP contribution in [0.2, 0.25) is 0 Å². The van der Waals surface area contributed by atoms with Gasteiger partial charge in [-0.05, 0) is 81.5 Å². The third-order valence-electron chi connectivity index (χ3n) is 6.18. The number of carbonyl (C=O) groups is 1. The van der Waals surface area contributed by atoms with E-state index in [4.69, 9.17) is 9.47 Å². The number of amides is 1. The van der Waals surface area contributed by atoms with E-state index >= 15 is 0 Å². The van der Waals surface area contributed by atoms with E-state index in [1.54, 1.807) is 13.3 Å². The van der Waals surface area contributed by atoms with Gasteiger partial charge >= 0.3 is 0 Å². The summed E-state index contributed by atoms with van der Waals surface area (Å²) < 4.78 is 10.8. The minimum absolute atomic E-state index is 0.174. The minimum atomic E-state index is -0.174. The Labute approximate surface area is 189 Å². The van der Waals surface area contributed by atoms with E-state index in [2.05, 4.69) is 26.3 Å².